The molecule has 166 valence electrons. The smallest absolute Gasteiger partial charge is 0.260 e. The fourth-order valence-electron chi connectivity index (χ4n) is 4.24. The lowest BCUT2D eigenvalue weighted by Gasteiger charge is -2.30. The van der Waals surface area contributed by atoms with E-state index in [4.69, 9.17) is 4.74 Å². The highest BCUT2D eigenvalue weighted by Crippen LogP contribution is 2.33. The van der Waals surface area contributed by atoms with Crippen molar-refractivity contribution in [1.29, 1.82) is 0 Å². The molecule has 2 aromatic rings. The van der Waals surface area contributed by atoms with Gasteiger partial charge in [0.1, 0.15) is 5.75 Å². The average molecular weight is 422 g/mol. The molecule has 0 aromatic heterocycles. The molecule has 1 heterocycles. The summed E-state index contributed by atoms with van der Waals surface area (Å²) in [5.74, 6) is 1.83. The number of rotatable bonds is 10. The first kappa shape index (κ1) is 21.8. The highest BCUT2D eigenvalue weighted by Gasteiger charge is 2.27. The molecule has 2 aromatic carbocycles. The predicted molar refractivity (Wildman–Crippen MR) is 124 cm³/mol. The molecular weight excluding hydrogens is 386 g/mol. The lowest BCUT2D eigenvalue weighted by Crippen LogP contribution is -2.39. The molecule has 4 rings (SSSR count). The van der Waals surface area contributed by atoms with Crippen LogP contribution in [0.5, 0.6) is 5.75 Å². The minimum Gasteiger partial charge on any atom is -0.483 e. The van der Waals surface area contributed by atoms with Crippen LogP contribution in [0.4, 0.5) is 0 Å². The normalized spacial score (nSPS) is 16.2. The molecule has 1 aliphatic heterocycles. The summed E-state index contributed by atoms with van der Waals surface area (Å²) < 4.78 is 6.10. The highest BCUT2D eigenvalue weighted by atomic mass is 16.5. The largest absolute Gasteiger partial charge is 0.483 e. The van der Waals surface area contributed by atoms with Crippen LogP contribution in [0.1, 0.15) is 29.5 Å². The van der Waals surface area contributed by atoms with Crippen molar-refractivity contribution >= 4 is 5.91 Å². The van der Waals surface area contributed by atoms with Gasteiger partial charge < -0.3 is 14.5 Å². The summed E-state index contributed by atoms with van der Waals surface area (Å²) >= 11 is 0. The number of ether oxygens (including phenoxy) is 1. The molecule has 1 fully saturated rings. The van der Waals surface area contributed by atoms with Crippen LogP contribution in [0.2, 0.25) is 0 Å². The Bertz CT molecular complexity index is 864. The number of carbonyl (C=O) groups excluding carboxylic acids is 1. The summed E-state index contributed by atoms with van der Waals surface area (Å²) in [6.07, 6.45) is 3.78. The number of carbonyl (C=O) groups is 1. The first-order valence-electron chi connectivity index (χ1n) is 11.5. The lowest BCUT2D eigenvalue weighted by molar-refractivity contribution is -0.134. The quantitative estimate of drug-likeness (QED) is 0.589. The highest BCUT2D eigenvalue weighted by molar-refractivity contribution is 5.77. The van der Waals surface area contributed by atoms with Crippen LogP contribution in [-0.2, 0) is 24.3 Å². The van der Waals surface area contributed by atoms with Crippen molar-refractivity contribution < 1.29 is 9.53 Å². The number of hydrogen-bond donors (Lipinski definition) is 0. The van der Waals surface area contributed by atoms with Crippen LogP contribution < -0.4 is 4.74 Å². The van der Waals surface area contributed by atoms with E-state index >= 15 is 0 Å². The zero-order valence-electron chi connectivity index (χ0n) is 18.9. The van der Waals surface area contributed by atoms with Crippen LogP contribution in [0.3, 0.4) is 0 Å². The zero-order chi connectivity index (χ0) is 21.6. The molecule has 0 spiro atoms. The Kier molecular flexibility index (Phi) is 7.25. The molecule has 0 bridgehead atoms. The molecule has 1 saturated carbocycles. The van der Waals surface area contributed by atoms with E-state index in [1.165, 1.54) is 30.5 Å². The van der Waals surface area contributed by atoms with Crippen LogP contribution >= 0.6 is 0 Å². The summed E-state index contributed by atoms with van der Waals surface area (Å²) in [5.41, 5.74) is 3.78. The van der Waals surface area contributed by atoms with Crippen molar-refractivity contribution in [2.45, 2.75) is 32.4 Å². The summed E-state index contributed by atoms with van der Waals surface area (Å²) in [6, 6.07) is 16.5. The monoisotopic (exact) mass is 421 g/mol. The topological polar surface area (TPSA) is 36.0 Å². The Labute approximate surface area is 186 Å². The van der Waals surface area contributed by atoms with Crippen LogP contribution in [0.15, 0.2) is 48.5 Å². The van der Waals surface area contributed by atoms with Gasteiger partial charge in [-0.2, -0.15) is 0 Å². The number of nitrogens with zero attached hydrogens (tertiary/aromatic N) is 3. The number of amides is 1. The van der Waals surface area contributed by atoms with Gasteiger partial charge in [0.2, 0.25) is 0 Å². The van der Waals surface area contributed by atoms with Gasteiger partial charge in [-0.15, -0.1) is 0 Å². The molecule has 1 amide bonds. The third-order valence-electron chi connectivity index (χ3n) is 6.25. The van der Waals surface area contributed by atoms with E-state index in [1.807, 2.05) is 43.3 Å². The Balaban J connectivity index is 1.38. The zero-order valence-corrected chi connectivity index (χ0v) is 18.9. The van der Waals surface area contributed by atoms with E-state index in [2.05, 4.69) is 34.1 Å². The molecule has 0 N–H and O–H groups in total. The predicted octanol–water partition coefficient (Wildman–Crippen LogP) is 3.42. The van der Waals surface area contributed by atoms with Gasteiger partial charge in [-0.25, -0.2) is 0 Å². The minimum absolute atomic E-state index is 0.0366. The molecule has 31 heavy (non-hydrogen) atoms. The van der Waals surface area contributed by atoms with Crippen LogP contribution in [0.25, 0.3) is 0 Å². The standard InChI is InChI=1S/C26H35N3O2/c1-27(2)15-16-29(18-21-7-4-3-5-8-21)26(30)20-31-25-10-6-9-23-19-28(14-13-24(23)25)17-22-11-12-22/h3-10,22H,11-20H2,1-2H3. The van der Waals surface area contributed by atoms with Crippen molar-refractivity contribution in [1.82, 2.24) is 14.7 Å². The van der Waals surface area contributed by atoms with Gasteiger partial charge in [-0.3, -0.25) is 9.69 Å². The second kappa shape index (κ2) is 10.3. The van der Waals surface area contributed by atoms with Gasteiger partial charge in [-0.1, -0.05) is 42.5 Å². The van der Waals surface area contributed by atoms with Gasteiger partial charge in [0.25, 0.3) is 5.91 Å². The van der Waals surface area contributed by atoms with Gasteiger partial charge in [0.15, 0.2) is 6.61 Å². The van der Waals surface area contributed by atoms with E-state index in [-0.39, 0.29) is 12.5 Å². The molecule has 5 heteroatoms. The average Bonchev–Trinajstić information content (AvgIpc) is 3.59. The van der Waals surface area contributed by atoms with Gasteiger partial charge in [0, 0.05) is 39.3 Å². The lowest BCUT2D eigenvalue weighted by atomic mass is 9.98. The first-order valence-corrected chi connectivity index (χ1v) is 11.5. The molecule has 0 unspecified atom stereocenters. The Morgan fingerprint density at radius 1 is 1.06 bits per heavy atom. The van der Waals surface area contributed by atoms with Gasteiger partial charge >= 0.3 is 0 Å². The third kappa shape index (κ3) is 6.31. The molecule has 1 aliphatic carbocycles. The summed E-state index contributed by atoms with van der Waals surface area (Å²) in [7, 11) is 4.06. The van der Waals surface area contributed by atoms with E-state index in [0.717, 1.165) is 43.3 Å². The maximum absolute atomic E-state index is 13.1. The summed E-state index contributed by atoms with van der Waals surface area (Å²) in [4.78, 5) is 19.6. The summed E-state index contributed by atoms with van der Waals surface area (Å²) in [5, 5.41) is 0. The molecule has 0 radical (unpaired) electrons. The molecule has 0 atom stereocenters. The van der Waals surface area contributed by atoms with Crippen molar-refractivity contribution in [3.63, 3.8) is 0 Å². The molecule has 0 saturated heterocycles. The third-order valence-corrected chi connectivity index (χ3v) is 6.25. The number of likely N-dealkylation sites (N-methyl/N-ethyl adjacent to an activating group) is 1. The maximum atomic E-state index is 13.1. The Morgan fingerprint density at radius 2 is 1.87 bits per heavy atom. The van der Waals surface area contributed by atoms with Crippen molar-refractivity contribution in [2.75, 3.05) is 46.9 Å². The van der Waals surface area contributed by atoms with Gasteiger partial charge in [0.05, 0.1) is 0 Å². The second-order valence-electron chi connectivity index (χ2n) is 9.22. The molecular formula is C26H35N3O2. The maximum Gasteiger partial charge on any atom is 0.260 e. The van der Waals surface area contributed by atoms with Gasteiger partial charge in [-0.05, 0) is 62.0 Å². The first-order chi connectivity index (χ1) is 15.1. The van der Waals surface area contributed by atoms with Crippen molar-refractivity contribution in [3.05, 3.63) is 65.2 Å². The number of fused-ring (bicyclic) bond motifs is 1. The number of benzene rings is 2. The van der Waals surface area contributed by atoms with E-state index in [9.17, 15) is 4.79 Å². The van der Waals surface area contributed by atoms with E-state index < -0.39 is 0 Å². The van der Waals surface area contributed by atoms with Crippen LogP contribution in [0, 0.1) is 5.92 Å². The number of hydrogen-bond acceptors (Lipinski definition) is 4. The van der Waals surface area contributed by atoms with Crippen molar-refractivity contribution in [2.24, 2.45) is 5.92 Å². The second-order valence-corrected chi connectivity index (χ2v) is 9.22. The minimum atomic E-state index is 0.0366. The fourth-order valence-corrected chi connectivity index (χ4v) is 4.24. The van der Waals surface area contributed by atoms with E-state index in [0.29, 0.717) is 13.1 Å². The van der Waals surface area contributed by atoms with E-state index in [1.54, 1.807) is 0 Å². The fraction of sp³-hybridized carbons (Fsp3) is 0.500. The van der Waals surface area contributed by atoms with Crippen molar-refractivity contribution in [3.8, 4) is 5.75 Å². The van der Waals surface area contributed by atoms with Crippen LogP contribution in [-0.4, -0.2) is 67.5 Å². The Hall–Kier alpha value is -2.37. The SMILES string of the molecule is CN(C)CCN(Cc1ccccc1)C(=O)COc1cccc2c1CCN(CC1CC1)C2. The Morgan fingerprint density at radius 3 is 2.61 bits per heavy atom. The molecule has 5 nitrogen and oxygen atoms in total. The summed E-state index contributed by atoms with van der Waals surface area (Å²) in [6.45, 7) is 5.52. The molecule has 2 aliphatic rings.